The molecule has 1 aromatic carbocycles. The predicted octanol–water partition coefficient (Wildman–Crippen LogP) is 3.31. The molecule has 1 unspecified atom stereocenters. The molecule has 1 amide bonds. The third-order valence-corrected chi connectivity index (χ3v) is 5.51. The highest BCUT2D eigenvalue weighted by Gasteiger charge is 2.26. The summed E-state index contributed by atoms with van der Waals surface area (Å²) in [6.07, 6.45) is 5.65. The molecule has 1 aliphatic carbocycles. The van der Waals surface area contributed by atoms with Crippen LogP contribution in [0.25, 0.3) is 0 Å². The highest BCUT2D eigenvalue weighted by Crippen LogP contribution is 2.29. The standard InChI is InChI=1S/C17H22BrNO2/c18-15-7-5-12(6-8-15)10-19-17(20)14-9-13-3-1-2-4-16(13)21-11-14/h1-4,12,14-15H,5-11H2,(H,19,20). The van der Waals surface area contributed by atoms with Crippen LogP contribution in [0, 0.1) is 11.8 Å². The summed E-state index contributed by atoms with van der Waals surface area (Å²) < 4.78 is 5.70. The van der Waals surface area contributed by atoms with Crippen molar-refractivity contribution in [3.05, 3.63) is 29.8 Å². The Morgan fingerprint density at radius 3 is 2.81 bits per heavy atom. The second-order valence-electron chi connectivity index (χ2n) is 6.18. The van der Waals surface area contributed by atoms with E-state index in [1.165, 1.54) is 25.7 Å². The SMILES string of the molecule is O=C(NCC1CCC(Br)CC1)C1COc2ccccc2C1. The van der Waals surface area contributed by atoms with Gasteiger partial charge in [0.1, 0.15) is 12.4 Å². The van der Waals surface area contributed by atoms with E-state index in [0.717, 1.165) is 24.3 Å². The van der Waals surface area contributed by atoms with Crippen molar-refractivity contribution in [3.8, 4) is 5.75 Å². The summed E-state index contributed by atoms with van der Waals surface area (Å²) >= 11 is 3.67. The molecule has 1 N–H and O–H groups in total. The van der Waals surface area contributed by atoms with Crippen molar-refractivity contribution in [1.29, 1.82) is 0 Å². The summed E-state index contributed by atoms with van der Waals surface area (Å²) in [7, 11) is 0. The highest BCUT2D eigenvalue weighted by atomic mass is 79.9. The zero-order valence-corrected chi connectivity index (χ0v) is 13.8. The molecule has 3 nitrogen and oxygen atoms in total. The van der Waals surface area contributed by atoms with Gasteiger partial charge in [0, 0.05) is 11.4 Å². The Labute approximate surface area is 134 Å². The van der Waals surface area contributed by atoms with Crippen LogP contribution in [-0.4, -0.2) is 23.9 Å². The lowest BCUT2D eigenvalue weighted by Crippen LogP contribution is -2.40. The molecule has 3 rings (SSSR count). The van der Waals surface area contributed by atoms with Crippen molar-refractivity contribution in [3.63, 3.8) is 0 Å². The van der Waals surface area contributed by atoms with Gasteiger partial charge in [-0.2, -0.15) is 0 Å². The zero-order chi connectivity index (χ0) is 14.7. The molecule has 1 saturated carbocycles. The molecule has 1 atom stereocenters. The number of ether oxygens (including phenoxy) is 1. The van der Waals surface area contributed by atoms with Crippen molar-refractivity contribution in [2.75, 3.05) is 13.2 Å². The van der Waals surface area contributed by atoms with E-state index in [0.29, 0.717) is 17.4 Å². The number of benzene rings is 1. The third-order valence-electron chi connectivity index (χ3n) is 4.59. The smallest absolute Gasteiger partial charge is 0.226 e. The molecule has 1 fully saturated rings. The van der Waals surface area contributed by atoms with Crippen molar-refractivity contribution in [2.45, 2.75) is 36.9 Å². The Bertz CT molecular complexity index is 497. The number of para-hydroxylation sites is 1. The lowest BCUT2D eigenvalue weighted by Gasteiger charge is -2.27. The molecule has 114 valence electrons. The van der Waals surface area contributed by atoms with Crippen LogP contribution in [-0.2, 0) is 11.2 Å². The molecule has 1 aliphatic heterocycles. The Morgan fingerprint density at radius 2 is 2.00 bits per heavy atom. The fourth-order valence-corrected chi connectivity index (χ4v) is 3.74. The number of alkyl halides is 1. The van der Waals surface area contributed by atoms with E-state index >= 15 is 0 Å². The van der Waals surface area contributed by atoms with E-state index in [9.17, 15) is 4.79 Å². The largest absolute Gasteiger partial charge is 0.492 e. The van der Waals surface area contributed by atoms with Gasteiger partial charge in [0.05, 0.1) is 5.92 Å². The van der Waals surface area contributed by atoms with Crippen LogP contribution in [0.1, 0.15) is 31.2 Å². The van der Waals surface area contributed by atoms with Crippen molar-refractivity contribution in [2.24, 2.45) is 11.8 Å². The van der Waals surface area contributed by atoms with Crippen molar-refractivity contribution in [1.82, 2.24) is 5.32 Å². The second-order valence-corrected chi connectivity index (χ2v) is 7.48. The van der Waals surface area contributed by atoms with Gasteiger partial charge in [0.25, 0.3) is 0 Å². The van der Waals surface area contributed by atoms with E-state index in [-0.39, 0.29) is 11.8 Å². The maximum absolute atomic E-state index is 12.3. The van der Waals surface area contributed by atoms with Crippen LogP contribution in [0.15, 0.2) is 24.3 Å². The topological polar surface area (TPSA) is 38.3 Å². The first-order valence-electron chi connectivity index (χ1n) is 7.85. The molecular formula is C17H22BrNO2. The van der Waals surface area contributed by atoms with Gasteiger partial charge in [0.15, 0.2) is 0 Å². The van der Waals surface area contributed by atoms with Gasteiger partial charge in [-0.25, -0.2) is 0 Å². The quantitative estimate of drug-likeness (QED) is 0.848. The van der Waals surface area contributed by atoms with Gasteiger partial charge in [-0.05, 0) is 49.7 Å². The molecule has 0 bridgehead atoms. The fraction of sp³-hybridized carbons (Fsp3) is 0.588. The summed E-state index contributed by atoms with van der Waals surface area (Å²) in [6.45, 7) is 1.31. The summed E-state index contributed by atoms with van der Waals surface area (Å²) in [5.41, 5.74) is 1.14. The minimum absolute atomic E-state index is 0.0487. The minimum atomic E-state index is -0.0487. The van der Waals surface area contributed by atoms with Crippen molar-refractivity contribution < 1.29 is 9.53 Å². The molecule has 2 aliphatic rings. The average Bonchev–Trinajstić information content (AvgIpc) is 2.53. The summed E-state index contributed by atoms with van der Waals surface area (Å²) in [6, 6.07) is 7.99. The summed E-state index contributed by atoms with van der Waals surface area (Å²) in [5.74, 6) is 1.66. The molecule has 0 aromatic heterocycles. The molecule has 1 heterocycles. The second kappa shape index (κ2) is 6.82. The minimum Gasteiger partial charge on any atom is -0.492 e. The maximum atomic E-state index is 12.3. The van der Waals surface area contributed by atoms with Crippen LogP contribution in [0.5, 0.6) is 5.75 Å². The number of nitrogens with one attached hydrogen (secondary N) is 1. The lowest BCUT2D eigenvalue weighted by atomic mass is 9.89. The first-order valence-corrected chi connectivity index (χ1v) is 8.76. The molecule has 21 heavy (non-hydrogen) atoms. The Balaban J connectivity index is 1.48. The van der Waals surface area contributed by atoms with Crippen molar-refractivity contribution >= 4 is 21.8 Å². The van der Waals surface area contributed by atoms with Crippen LogP contribution in [0.4, 0.5) is 0 Å². The van der Waals surface area contributed by atoms with E-state index in [1.807, 2.05) is 24.3 Å². The number of amides is 1. The number of rotatable bonds is 3. The molecule has 0 spiro atoms. The van der Waals surface area contributed by atoms with E-state index in [4.69, 9.17) is 4.74 Å². The summed E-state index contributed by atoms with van der Waals surface area (Å²) in [4.78, 5) is 13.0. The average molecular weight is 352 g/mol. The van der Waals surface area contributed by atoms with E-state index in [2.05, 4.69) is 21.2 Å². The highest BCUT2D eigenvalue weighted by molar-refractivity contribution is 9.09. The maximum Gasteiger partial charge on any atom is 0.226 e. The summed E-state index contributed by atoms with van der Waals surface area (Å²) in [5, 5.41) is 3.13. The molecule has 0 radical (unpaired) electrons. The monoisotopic (exact) mass is 351 g/mol. The van der Waals surface area contributed by atoms with Gasteiger partial charge in [0.2, 0.25) is 5.91 Å². The normalized spacial score (nSPS) is 28.3. The first kappa shape index (κ1) is 14.9. The number of carbonyl (C=O) groups is 1. The number of halogens is 1. The number of hydrogen-bond acceptors (Lipinski definition) is 2. The van der Waals surface area contributed by atoms with Crippen LogP contribution >= 0.6 is 15.9 Å². The van der Waals surface area contributed by atoms with Crippen LogP contribution in [0.3, 0.4) is 0 Å². The Hall–Kier alpha value is -1.03. The molecular weight excluding hydrogens is 330 g/mol. The first-order chi connectivity index (χ1) is 10.2. The number of hydrogen-bond donors (Lipinski definition) is 1. The predicted molar refractivity (Wildman–Crippen MR) is 86.8 cm³/mol. The van der Waals surface area contributed by atoms with Gasteiger partial charge in [-0.15, -0.1) is 0 Å². The third kappa shape index (κ3) is 3.79. The number of carbonyl (C=O) groups excluding carboxylic acids is 1. The fourth-order valence-electron chi connectivity index (χ4n) is 3.21. The number of fused-ring (bicyclic) bond motifs is 1. The van der Waals surface area contributed by atoms with Gasteiger partial charge >= 0.3 is 0 Å². The van der Waals surface area contributed by atoms with Crippen LogP contribution < -0.4 is 10.1 Å². The Kier molecular flexibility index (Phi) is 4.84. The Morgan fingerprint density at radius 1 is 1.24 bits per heavy atom. The van der Waals surface area contributed by atoms with E-state index in [1.54, 1.807) is 0 Å². The van der Waals surface area contributed by atoms with E-state index < -0.39 is 0 Å². The molecule has 0 saturated heterocycles. The van der Waals surface area contributed by atoms with Gasteiger partial charge in [-0.1, -0.05) is 34.1 Å². The lowest BCUT2D eigenvalue weighted by molar-refractivity contribution is -0.126. The molecule has 1 aromatic rings. The van der Waals surface area contributed by atoms with Gasteiger partial charge in [-0.3, -0.25) is 4.79 Å². The molecule has 4 heteroatoms. The zero-order valence-electron chi connectivity index (χ0n) is 12.2. The van der Waals surface area contributed by atoms with Gasteiger partial charge < -0.3 is 10.1 Å². The van der Waals surface area contributed by atoms with Crippen LogP contribution in [0.2, 0.25) is 0 Å².